The van der Waals surface area contributed by atoms with Crippen LogP contribution in [-0.2, 0) is 0 Å². The number of hydrogen-bond donors (Lipinski definition) is 1. The van der Waals surface area contributed by atoms with Gasteiger partial charge in [0.15, 0.2) is 0 Å². The minimum atomic E-state index is -0.389. The summed E-state index contributed by atoms with van der Waals surface area (Å²) in [5, 5.41) is 2.81. The lowest BCUT2D eigenvalue weighted by Crippen LogP contribution is -2.34. The van der Waals surface area contributed by atoms with Crippen LogP contribution in [0.15, 0.2) is 18.2 Å². The van der Waals surface area contributed by atoms with Crippen LogP contribution in [0.1, 0.15) is 36.2 Å². The number of benzene rings is 1. The minimum absolute atomic E-state index is 0.0558. The first-order chi connectivity index (χ1) is 8.34. The van der Waals surface area contributed by atoms with E-state index in [1.165, 1.54) is 12.1 Å². The first-order valence-electron chi connectivity index (χ1n) is 5.95. The molecule has 0 saturated carbocycles. The van der Waals surface area contributed by atoms with Gasteiger partial charge in [0.1, 0.15) is 5.82 Å². The predicted molar refractivity (Wildman–Crippen MR) is 72.6 cm³/mol. The third-order valence-electron chi connectivity index (χ3n) is 2.80. The van der Waals surface area contributed by atoms with Crippen molar-refractivity contribution >= 4 is 17.5 Å². The van der Waals surface area contributed by atoms with E-state index in [1.807, 2.05) is 13.8 Å². The monoisotopic (exact) mass is 271 g/mol. The van der Waals surface area contributed by atoms with Crippen LogP contribution < -0.4 is 5.32 Å². The van der Waals surface area contributed by atoms with E-state index in [0.717, 1.165) is 12.0 Å². The summed E-state index contributed by atoms with van der Waals surface area (Å²) in [7, 11) is 0. The molecule has 0 spiro atoms. The second-order valence-corrected chi connectivity index (χ2v) is 5.68. The first kappa shape index (κ1) is 15.0. The standard InChI is InChI=1S/C14H19ClFNO/c1-10-6-11(8-12(16)7-10)13(18)17-9-14(2,3)4-5-15/h6-8H,4-5,9H2,1-3H3,(H,17,18). The Morgan fingerprint density at radius 1 is 1.39 bits per heavy atom. The van der Waals surface area contributed by atoms with Crippen molar-refractivity contribution in [3.8, 4) is 0 Å². The molecule has 0 radical (unpaired) electrons. The van der Waals surface area contributed by atoms with Crippen molar-refractivity contribution in [1.82, 2.24) is 5.32 Å². The van der Waals surface area contributed by atoms with Gasteiger partial charge in [-0.25, -0.2) is 4.39 Å². The lowest BCUT2D eigenvalue weighted by molar-refractivity contribution is 0.0935. The molecular weight excluding hydrogens is 253 g/mol. The summed E-state index contributed by atoms with van der Waals surface area (Å²) in [4.78, 5) is 11.9. The molecule has 1 aromatic carbocycles. The quantitative estimate of drug-likeness (QED) is 0.816. The van der Waals surface area contributed by atoms with Crippen LogP contribution in [0.5, 0.6) is 0 Å². The molecule has 0 atom stereocenters. The van der Waals surface area contributed by atoms with Crippen molar-refractivity contribution in [3.63, 3.8) is 0 Å². The van der Waals surface area contributed by atoms with Gasteiger partial charge in [0.25, 0.3) is 5.91 Å². The molecule has 0 bridgehead atoms. The Morgan fingerprint density at radius 2 is 2.06 bits per heavy atom. The normalized spacial score (nSPS) is 11.4. The number of carbonyl (C=O) groups excluding carboxylic acids is 1. The maximum atomic E-state index is 13.2. The van der Waals surface area contributed by atoms with Gasteiger partial charge < -0.3 is 5.32 Å². The lowest BCUT2D eigenvalue weighted by atomic mass is 9.90. The van der Waals surface area contributed by atoms with Crippen LogP contribution in [-0.4, -0.2) is 18.3 Å². The molecule has 0 aromatic heterocycles. The molecule has 0 fully saturated rings. The summed E-state index contributed by atoms with van der Waals surface area (Å²) >= 11 is 5.70. The highest BCUT2D eigenvalue weighted by atomic mass is 35.5. The van der Waals surface area contributed by atoms with Gasteiger partial charge in [-0.2, -0.15) is 0 Å². The van der Waals surface area contributed by atoms with Crippen molar-refractivity contribution in [2.45, 2.75) is 27.2 Å². The molecule has 4 heteroatoms. The predicted octanol–water partition coefficient (Wildman–Crippen LogP) is 3.52. The summed E-state index contributed by atoms with van der Waals surface area (Å²) in [5.74, 6) is -0.0810. The van der Waals surface area contributed by atoms with Gasteiger partial charge in [0.2, 0.25) is 0 Å². The van der Waals surface area contributed by atoms with E-state index < -0.39 is 0 Å². The second-order valence-electron chi connectivity index (χ2n) is 5.30. The Labute approximate surface area is 113 Å². The Kier molecular flexibility index (Phi) is 5.15. The summed E-state index contributed by atoms with van der Waals surface area (Å²) in [5.41, 5.74) is 1.04. The van der Waals surface area contributed by atoms with E-state index in [1.54, 1.807) is 13.0 Å². The molecule has 0 aliphatic rings. The summed E-state index contributed by atoms with van der Waals surface area (Å²) in [6.45, 7) is 6.35. The maximum absolute atomic E-state index is 13.2. The molecule has 0 aliphatic heterocycles. The van der Waals surface area contributed by atoms with Crippen LogP contribution in [0.25, 0.3) is 0 Å². The molecule has 1 N–H and O–H groups in total. The van der Waals surface area contributed by atoms with Crippen LogP contribution >= 0.6 is 11.6 Å². The van der Waals surface area contributed by atoms with E-state index in [2.05, 4.69) is 5.32 Å². The van der Waals surface area contributed by atoms with Gasteiger partial charge in [0.05, 0.1) is 0 Å². The molecule has 18 heavy (non-hydrogen) atoms. The highest BCUT2D eigenvalue weighted by molar-refractivity contribution is 6.17. The SMILES string of the molecule is Cc1cc(F)cc(C(=O)NCC(C)(C)CCCl)c1. The van der Waals surface area contributed by atoms with E-state index in [4.69, 9.17) is 11.6 Å². The number of alkyl halides is 1. The third kappa shape index (κ3) is 4.65. The van der Waals surface area contributed by atoms with Crippen LogP contribution in [0.4, 0.5) is 4.39 Å². The fourth-order valence-electron chi connectivity index (χ4n) is 1.63. The highest BCUT2D eigenvalue weighted by Crippen LogP contribution is 2.19. The van der Waals surface area contributed by atoms with Crippen molar-refractivity contribution in [3.05, 3.63) is 35.1 Å². The molecule has 2 nitrogen and oxygen atoms in total. The number of aryl methyl sites for hydroxylation is 1. The van der Waals surface area contributed by atoms with Crippen molar-refractivity contribution in [2.75, 3.05) is 12.4 Å². The Balaban J connectivity index is 2.66. The zero-order valence-electron chi connectivity index (χ0n) is 11.0. The molecule has 1 rings (SSSR count). The van der Waals surface area contributed by atoms with Gasteiger partial charge in [-0.1, -0.05) is 13.8 Å². The topological polar surface area (TPSA) is 29.1 Å². The fourth-order valence-corrected chi connectivity index (χ4v) is 2.14. The number of hydrogen-bond acceptors (Lipinski definition) is 1. The van der Waals surface area contributed by atoms with Gasteiger partial charge in [-0.3, -0.25) is 4.79 Å². The Morgan fingerprint density at radius 3 is 2.61 bits per heavy atom. The van der Waals surface area contributed by atoms with Crippen LogP contribution in [0.3, 0.4) is 0 Å². The number of rotatable bonds is 5. The second kappa shape index (κ2) is 6.19. The number of halogens is 2. The first-order valence-corrected chi connectivity index (χ1v) is 6.49. The molecule has 0 unspecified atom stereocenters. The van der Waals surface area contributed by atoms with Crippen LogP contribution in [0.2, 0.25) is 0 Å². The molecule has 1 amide bonds. The van der Waals surface area contributed by atoms with Gasteiger partial charge in [-0.05, 0) is 42.5 Å². The van der Waals surface area contributed by atoms with E-state index >= 15 is 0 Å². The summed E-state index contributed by atoms with van der Waals surface area (Å²) < 4.78 is 13.2. The molecule has 0 aliphatic carbocycles. The molecule has 1 aromatic rings. The third-order valence-corrected chi connectivity index (χ3v) is 2.99. The molecular formula is C14H19ClFNO. The lowest BCUT2D eigenvalue weighted by Gasteiger charge is -2.23. The summed E-state index contributed by atoms with van der Waals surface area (Å²) in [6, 6.07) is 4.32. The van der Waals surface area contributed by atoms with Gasteiger partial charge in [0, 0.05) is 18.0 Å². The van der Waals surface area contributed by atoms with Crippen LogP contribution in [0, 0.1) is 18.2 Å². The van der Waals surface area contributed by atoms with E-state index in [0.29, 0.717) is 18.0 Å². The Hall–Kier alpha value is -1.09. The fraction of sp³-hybridized carbons (Fsp3) is 0.500. The Bertz CT molecular complexity index is 412. The molecule has 0 saturated heterocycles. The largest absolute Gasteiger partial charge is 0.352 e. The maximum Gasteiger partial charge on any atom is 0.251 e. The molecule has 0 heterocycles. The summed E-state index contributed by atoms with van der Waals surface area (Å²) in [6.07, 6.45) is 0.816. The van der Waals surface area contributed by atoms with Crippen molar-refractivity contribution < 1.29 is 9.18 Å². The minimum Gasteiger partial charge on any atom is -0.352 e. The number of nitrogens with one attached hydrogen (secondary N) is 1. The molecule has 100 valence electrons. The zero-order chi connectivity index (χ0) is 13.8. The van der Waals surface area contributed by atoms with E-state index in [-0.39, 0.29) is 17.1 Å². The average Bonchev–Trinajstić information content (AvgIpc) is 2.24. The number of carbonyl (C=O) groups is 1. The average molecular weight is 272 g/mol. The zero-order valence-corrected chi connectivity index (χ0v) is 11.8. The van der Waals surface area contributed by atoms with Gasteiger partial charge in [-0.15, -0.1) is 11.6 Å². The van der Waals surface area contributed by atoms with Gasteiger partial charge >= 0.3 is 0 Å². The number of amides is 1. The smallest absolute Gasteiger partial charge is 0.251 e. The highest BCUT2D eigenvalue weighted by Gasteiger charge is 2.18. The van der Waals surface area contributed by atoms with Crippen molar-refractivity contribution in [1.29, 1.82) is 0 Å². The van der Waals surface area contributed by atoms with Crippen molar-refractivity contribution in [2.24, 2.45) is 5.41 Å². The van der Waals surface area contributed by atoms with E-state index in [9.17, 15) is 9.18 Å².